The summed E-state index contributed by atoms with van der Waals surface area (Å²) in [5.74, 6) is -0.609. The number of esters is 1. The second-order valence-corrected chi connectivity index (χ2v) is 6.17. The smallest absolute Gasteiger partial charge is 0.306 e. The number of aliphatic hydroxyl groups excluding tert-OH is 5. The van der Waals surface area contributed by atoms with Gasteiger partial charge in [0.05, 0.1) is 13.2 Å². The summed E-state index contributed by atoms with van der Waals surface area (Å²) in [5.41, 5.74) is 0. The summed E-state index contributed by atoms with van der Waals surface area (Å²) >= 11 is 0. The molecule has 0 aromatic heterocycles. The van der Waals surface area contributed by atoms with Gasteiger partial charge in [0, 0.05) is 6.42 Å². The van der Waals surface area contributed by atoms with E-state index in [-0.39, 0.29) is 6.42 Å². The zero-order chi connectivity index (χ0) is 18.4. The number of hydrogen-bond donors (Lipinski definition) is 5. The molecule has 0 rings (SSSR count). The zero-order valence-electron chi connectivity index (χ0n) is 14.6. The van der Waals surface area contributed by atoms with Crippen molar-refractivity contribution in [3.05, 3.63) is 0 Å². The zero-order valence-corrected chi connectivity index (χ0v) is 14.6. The first-order chi connectivity index (χ1) is 11.5. The standard InChI is InChI=1S/C17H34O7/c1-2-3-4-5-6-7-8-9-10-15(22)24-17(14(21)12-19)16(23)13(20)11-18/h13-14,16-21,23H,2-12H2,1H3/t13-,14-,16-,17-/m1/s1. The third kappa shape index (κ3) is 10.2. The highest BCUT2D eigenvalue weighted by Gasteiger charge is 2.34. The van der Waals surface area contributed by atoms with Crippen LogP contribution in [0.5, 0.6) is 0 Å². The summed E-state index contributed by atoms with van der Waals surface area (Å²) in [5, 5.41) is 46.6. The van der Waals surface area contributed by atoms with Gasteiger partial charge in [-0.15, -0.1) is 0 Å². The number of carbonyl (C=O) groups is 1. The molecule has 7 nitrogen and oxygen atoms in total. The molecule has 0 radical (unpaired) electrons. The third-order valence-electron chi connectivity index (χ3n) is 3.99. The third-order valence-corrected chi connectivity index (χ3v) is 3.99. The lowest BCUT2D eigenvalue weighted by atomic mass is 10.0. The lowest BCUT2D eigenvalue weighted by Gasteiger charge is -2.28. The van der Waals surface area contributed by atoms with Gasteiger partial charge in [0.15, 0.2) is 6.10 Å². The topological polar surface area (TPSA) is 127 Å². The minimum atomic E-state index is -1.67. The van der Waals surface area contributed by atoms with Crippen LogP contribution < -0.4 is 0 Å². The molecule has 0 amide bonds. The lowest BCUT2D eigenvalue weighted by molar-refractivity contribution is -0.177. The number of aliphatic hydroxyl groups is 5. The van der Waals surface area contributed by atoms with Gasteiger partial charge in [-0.05, 0) is 6.42 Å². The van der Waals surface area contributed by atoms with Gasteiger partial charge < -0.3 is 30.3 Å². The molecule has 0 saturated carbocycles. The summed E-state index contributed by atoms with van der Waals surface area (Å²) in [4.78, 5) is 11.8. The Bertz CT molecular complexity index is 311. The monoisotopic (exact) mass is 350 g/mol. The molecule has 0 aliphatic heterocycles. The predicted molar refractivity (Wildman–Crippen MR) is 89.3 cm³/mol. The van der Waals surface area contributed by atoms with Gasteiger partial charge in [-0.1, -0.05) is 51.9 Å². The maximum absolute atomic E-state index is 11.8. The van der Waals surface area contributed by atoms with Crippen LogP contribution in [0.15, 0.2) is 0 Å². The molecule has 5 N–H and O–H groups in total. The molecule has 0 unspecified atom stereocenters. The van der Waals surface area contributed by atoms with E-state index in [1.807, 2.05) is 0 Å². The molecule has 4 atom stereocenters. The molecular formula is C17H34O7. The van der Waals surface area contributed by atoms with Gasteiger partial charge in [-0.3, -0.25) is 4.79 Å². The first-order valence-corrected chi connectivity index (χ1v) is 8.93. The van der Waals surface area contributed by atoms with Crippen LogP contribution in [0.3, 0.4) is 0 Å². The van der Waals surface area contributed by atoms with Crippen LogP contribution in [0.2, 0.25) is 0 Å². The number of carbonyl (C=O) groups excluding carboxylic acids is 1. The fourth-order valence-corrected chi connectivity index (χ4v) is 2.42. The summed E-state index contributed by atoms with van der Waals surface area (Å²) in [7, 11) is 0. The molecule has 0 aromatic carbocycles. The van der Waals surface area contributed by atoms with Crippen molar-refractivity contribution >= 4 is 5.97 Å². The van der Waals surface area contributed by atoms with Crippen molar-refractivity contribution in [1.29, 1.82) is 0 Å². The summed E-state index contributed by atoms with van der Waals surface area (Å²) in [6.07, 6.45) is 2.56. The van der Waals surface area contributed by atoms with Crippen molar-refractivity contribution in [2.75, 3.05) is 13.2 Å². The predicted octanol–water partition coefficient (Wildman–Crippen LogP) is 0.496. The summed E-state index contributed by atoms with van der Waals surface area (Å²) in [6.45, 7) is 0.694. The molecule has 24 heavy (non-hydrogen) atoms. The van der Waals surface area contributed by atoms with E-state index in [0.29, 0.717) is 6.42 Å². The Morgan fingerprint density at radius 2 is 1.33 bits per heavy atom. The largest absolute Gasteiger partial charge is 0.457 e. The van der Waals surface area contributed by atoms with Crippen LogP contribution in [0.25, 0.3) is 0 Å². The molecule has 0 aliphatic rings. The van der Waals surface area contributed by atoms with Crippen LogP contribution in [-0.2, 0) is 9.53 Å². The Hall–Kier alpha value is -0.730. The van der Waals surface area contributed by atoms with Crippen LogP contribution in [0, 0.1) is 0 Å². The molecule has 0 spiro atoms. The average Bonchev–Trinajstić information content (AvgIpc) is 2.59. The SMILES string of the molecule is CCCCCCCCCCC(=O)O[C@@H]([C@H](O)[C@H](O)CO)[C@H](O)CO. The highest BCUT2D eigenvalue weighted by molar-refractivity contribution is 5.69. The maximum Gasteiger partial charge on any atom is 0.306 e. The summed E-state index contributed by atoms with van der Waals surface area (Å²) < 4.78 is 4.98. The van der Waals surface area contributed by atoms with E-state index >= 15 is 0 Å². The van der Waals surface area contributed by atoms with E-state index in [4.69, 9.17) is 14.9 Å². The molecule has 0 aliphatic carbocycles. The van der Waals surface area contributed by atoms with Crippen LogP contribution in [0.4, 0.5) is 0 Å². The van der Waals surface area contributed by atoms with Crippen molar-refractivity contribution in [3.63, 3.8) is 0 Å². The minimum Gasteiger partial charge on any atom is -0.457 e. The number of hydrogen-bond acceptors (Lipinski definition) is 7. The van der Waals surface area contributed by atoms with Gasteiger partial charge in [0.25, 0.3) is 0 Å². The van der Waals surface area contributed by atoms with Crippen molar-refractivity contribution < 1.29 is 35.1 Å². The molecule has 0 aromatic rings. The van der Waals surface area contributed by atoms with Crippen LogP contribution >= 0.6 is 0 Å². The molecular weight excluding hydrogens is 316 g/mol. The van der Waals surface area contributed by atoms with E-state index < -0.39 is 43.6 Å². The highest BCUT2D eigenvalue weighted by atomic mass is 16.6. The second-order valence-electron chi connectivity index (χ2n) is 6.17. The normalized spacial score (nSPS) is 16.4. The molecule has 0 saturated heterocycles. The second kappa shape index (κ2) is 14.6. The first kappa shape index (κ1) is 23.3. The molecule has 7 heteroatoms. The van der Waals surface area contributed by atoms with Gasteiger partial charge in [0.2, 0.25) is 0 Å². The minimum absolute atomic E-state index is 0.144. The maximum atomic E-state index is 11.8. The molecule has 0 fully saturated rings. The van der Waals surface area contributed by atoms with Crippen molar-refractivity contribution in [2.24, 2.45) is 0 Å². The van der Waals surface area contributed by atoms with E-state index in [1.54, 1.807) is 0 Å². The van der Waals surface area contributed by atoms with Gasteiger partial charge in [0.1, 0.15) is 18.3 Å². The summed E-state index contributed by atoms with van der Waals surface area (Å²) in [6, 6.07) is 0. The molecule has 0 bridgehead atoms. The fourth-order valence-electron chi connectivity index (χ4n) is 2.42. The van der Waals surface area contributed by atoms with Crippen molar-refractivity contribution in [2.45, 2.75) is 89.1 Å². The Kier molecular flexibility index (Phi) is 14.2. The molecule has 0 heterocycles. The van der Waals surface area contributed by atoms with E-state index in [0.717, 1.165) is 19.3 Å². The number of unbranched alkanes of at least 4 members (excludes halogenated alkanes) is 7. The van der Waals surface area contributed by atoms with E-state index in [9.17, 15) is 20.1 Å². The van der Waals surface area contributed by atoms with Gasteiger partial charge in [-0.2, -0.15) is 0 Å². The Morgan fingerprint density at radius 3 is 1.83 bits per heavy atom. The van der Waals surface area contributed by atoms with E-state index in [2.05, 4.69) is 6.92 Å². The fraction of sp³-hybridized carbons (Fsp3) is 0.941. The first-order valence-electron chi connectivity index (χ1n) is 8.93. The molecule has 144 valence electrons. The van der Waals surface area contributed by atoms with Gasteiger partial charge in [-0.25, -0.2) is 0 Å². The quantitative estimate of drug-likeness (QED) is 0.215. The van der Waals surface area contributed by atoms with Crippen LogP contribution in [-0.4, -0.2) is 69.1 Å². The van der Waals surface area contributed by atoms with Crippen LogP contribution in [0.1, 0.15) is 64.7 Å². The number of rotatable bonds is 15. The Morgan fingerprint density at radius 1 is 0.833 bits per heavy atom. The Labute approximate surface area is 144 Å². The lowest BCUT2D eigenvalue weighted by Crippen LogP contribution is -2.49. The number of ether oxygens (including phenoxy) is 1. The van der Waals surface area contributed by atoms with Gasteiger partial charge >= 0.3 is 5.97 Å². The Balaban J connectivity index is 4.06. The van der Waals surface area contributed by atoms with Crippen molar-refractivity contribution in [3.8, 4) is 0 Å². The highest BCUT2D eigenvalue weighted by Crippen LogP contribution is 2.13. The average molecular weight is 350 g/mol. The van der Waals surface area contributed by atoms with Crippen molar-refractivity contribution in [1.82, 2.24) is 0 Å². The van der Waals surface area contributed by atoms with E-state index in [1.165, 1.54) is 25.7 Å².